The fourth-order valence-corrected chi connectivity index (χ4v) is 6.24. The van der Waals surface area contributed by atoms with Crippen LogP contribution in [0.15, 0.2) is 24.0 Å². The van der Waals surface area contributed by atoms with Gasteiger partial charge in [0.05, 0.1) is 23.0 Å². The molecule has 2 N–H and O–H groups in total. The molecule has 1 spiro atoms. The molecule has 1 saturated heterocycles. The number of amides is 1. The molecule has 0 unspecified atom stereocenters. The van der Waals surface area contributed by atoms with Crippen LogP contribution in [0, 0.1) is 5.92 Å². The van der Waals surface area contributed by atoms with Crippen molar-refractivity contribution in [2.45, 2.75) is 62.7 Å². The molecule has 1 amide bonds. The van der Waals surface area contributed by atoms with E-state index in [2.05, 4.69) is 10.2 Å². The Hall–Kier alpha value is -2.71. The van der Waals surface area contributed by atoms with Gasteiger partial charge in [-0.15, -0.1) is 0 Å². The summed E-state index contributed by atoms with van der Waals surface area (Å²) in [6, 6.07) is 3.63. The van der Waals surface area contributed by atoms with E-state index in [1.807, 2.05) is 13.1 Å². The lowest BCUT2D eigenvalue weighted by Crippen LogP contribution is -2.74. The fraction of sp³-hybridized carbons (Fsp3) is 0.560. The molecule has 5 rings (SSSR count). The quantitative estimate of drug-likeness (QED) is 0.496. The highest BCUT2D eigenvalue weighted by atomic mass is 16.6. The number of benzene rings is 1. The highest BCUT2D eigenvalue weighted by Crippen LogP contribution is 2.64. The molecule has 1 fully saturated rings. The van der Waals surface area contributed by atoms with Gasteiger partial charge in [-0.25, -0.2) is 0 Å². The summed E-state index contributed by atoms with van der Waals surface area (Å²) in [5.41, 5.74) is 0.547. The standard InChI is InChI=1S/C25H30N2O6/c1-14(2)23(30)26-10-7-19(29)32-17-6-8-25(31)18-12-15-4-5-16(13-28)21-20(15)24(25,22(17)33-21)9-11-27(18)3/h4-6,13-14,18,22,31H,7-12H2,1-3H3,(H,26,30)/t18-,22+,24+,25-/m1/s1. The van der Waals surface area contributed by atoms with Gasteiger partial charge in [-0.05, 0) is 44.1 Å². The average Bonchev–Trinajstić information content (AvgIpc) is 3.13. The topological polar surface area (TPSA) is 105 Å². The smallest absolute Gasteiger partial charge is 0.312 e. The van der Waals surface area contributed by atoms with Crippen molar-refractivity contribution in [1.82, 2.24) is 10.2 Å². The molecule has 2 aliphatic carbocycles. The monoisotopic (exact) mass is 454 g/mol. The Labute approximate surface area is 192 Å². The van der Waals surface area contributed by atoms with E-state index in [1.165, 1.54) is 0 Å². The van der Waals surface area contributed by atoms with Gasteiger partial charge in [0.25, 0.3) is 0 Å². The summed E-state index contributed by atoms with van der Waals surface area (Å²) in [5.74, 6) is 0.134. The largest absolute Gasteiger partial charge is 0.480 e. The van der Waals surface area contributed by atoms with Crippen LogP contribution in [0.5, 0.6) is 5.75 Å². The van der Waals surface area contributed by atoms with Gasteiger partial charge < -0.3 is 24.8 Å². The van der Waals surface area contributed by atoms with Crippen LogP contribution in [0.25, 0.3) is 0 Å². The molecule has 2 aliphatic heterocycles. The Balaban J connectivity index is 1.47. The van der Waals surface area contributed by atoms with Gasteiger partial charge in [-0.2, -0.15) is 0 Å². The summed E-state index contributed by atoms with van der Waals surface area (Å²) in [6.07, 6.45) is 3.51. The van der Waals surface area contributed by atoms with Crippen LogP contribution in [-0.4, -0.2) is 66.1 Å². The Bertz CT molecular complexity index is 1070. The molecular formula is C25H30N2O6. The lowest BCUT2D eigenvalue weighted by atomic mass is 9.50. The maximum atomic E-state index is 12.6. The Morgan fingerprint density at radius 1 is 1.39 bits per heavy atom. The second-order valence-electron chi connectivity index (χ2n) is 9.96. The average molecular weight is 455 g/mol. The van der Waals surface area contributed by atoms with Gasteiger partial charge in [0, 0.05) is 30.5 Å². The highest BCUT2D eigenvalue weighted by molar-refractivity contribution is 5.83. The van der Waals surface area contributed by atoms with E-state index in [4.69, 9.17) is 9.47 Å². The zero-order valence-corrected chi connectivity index (χ0v) is 19.2. The molecule has 4 atom stereocenters. The first-order chi connectivity index (χ1) is 15.7. The molecule has 8 heteroatoms. The first-order valence-electron chi connectivity index (χ1n) is 11.6. The third-order valence-electron chi connectivity index (χ3n) is 7.92. The van der Waals surface area contributed by atoms with E-state index in [1.54, 1.807) is 26.0 Å². The van der Waals surface area contributed by atoms with Crippen LogP contribution in [0.4, 0.5) is 0 Å². The summed E-state index contributed by atoms with van der Waals surface area (Å²) < 4.78 is 12.1. The maximum absolute atomic E-state index is 12.6. The number of ether oxygens (including phenoxy) is 2. The second kappa shape index (κ2) is 7.67. The van der Waals surface area contributed by atoms with E-state index < -0.39 is 23.1 Å². The molecule has 2 bridgehead atoms. The van der Waals surface area contributed by atoms with Gasteiger partial charge in [0.1, 0.15) is 11.5 Å². The molecule has 4 aliphatic rings. The number of likely N-dealkylation sites (tertiary alicyclic amines) is 1. The zero-order valence-electron chi connectivity index (χ0n) is 19.2. The Morgan fingerprint density at radius 2 is 2.18 bits per heavy atom. The predicted octanol–water partition coefficient (Wildman–Crippen LogP) is 1.48. The number of hydrogen-bond acceptors (Lipinski definition) is 7. The SMILES string of the molecule is CC(C)C(=O)NCCC(=O)OC1=CC[C@@]2(O)[C@H]3Cc4ccc(C=O)c5c4[C@@]2(CCN3C)[C@H]1O5. The van der Waals surface area contributed by atoms with Crippen molar-refractivity contribution in [2.24, 2.45) is 5.92 Å². The van der Waals surface area contributed by atoms with Crippen LogP contribution in [0.1, 0.15) is 54.6 Å². The molecule has 1 aromatic carbocycles. The lowest BCUT2D eigenvalue weighted by Gasteiger charge is -2.61. The first kappa shape index (κ1) is 22.1. The van der Waals surface area contributed by atoms with Crippen molar-refractivity contribution < 1.29 is 29.0 Å². The maximum Gasteiger partial charge on any atom is 0.312 e. The third kappa shape index (κ3) is 3.00. The predicted molar refractivity (Wildman–Crippen MR) is 119 cm³/mol. The minimum atomic E-state index is -1.09. The summed E-state index contributed by atoms with van der Waals surface area (Å²) in [6.45, 7) is 4.53. The van der Waals surface area contributed by atoms with Crippen LogP contribution >= 0.6 is 0 Å². The van der Waals surface area contributed by atoms with Crippen molar-refractivity contribution >= 4 is 18.2 Å². The zero-order chi connectivity index (χ0) is 23.5. The van der Waals surface area contributed by atoms with E-state index in [0.717, 1.165) is 24.0 Å². The van der Waals surface area contributed by atoms with Crippen molar-refractivity contribution in [3.8, 4) is 5.75 Å². The number of carbonyl (C=O) groups is 3. The number of rotatable bonds is 6. The molecule has 0 radical (unpaired) electrons. The van der Waals surface area contributed by atoms with Crippen molar-refractivity contribution in [2.75, 3.05) is 20.1 Å². The van der Waals surface area contributed by atoms with E-state index >= 15 is 0 Å². The van der Waals surface area contributed by atoms with Crippen molar-refractivity contribution in [3.05, 3.63) is 40.7 Å². The number of likely N-dealkylation sites (N-methyl/N-ethyl adjacent to an activating group) is 1. The van der Waals surface area contributed by atoms with Crippen LogP contribution in [0.2, 0.25) is 0 Å². The summed E-state index contributed by atoms with van der Waals surface area (Å²) >= 11 is 0. The van der Waals surface area contributed by atoms with Gasteiger partial charge >= 0.3 is 5.97 Å². The van der Waals surface area contributed by atoms with Crippen molar-refractivity contribution in [1.29, 1.82) is 0 Å². The van der Waals surface area contributed by atoms with Gasteiger partial charge in [0.2, 0.25) is 5.91 Å². The number of aliphatic hydroxyl groups is 1. The lowest BCUT2D eigenvalue weighted by molar-refractivity contribution is -0.169. The summed E-state index contributed by atoms with van der Waals surface area (Å²) in [7, 11) is 2.02. The highest BCUT2D eigenvalue weighted by Gasteiger charge is 2.71. The van der Waals surface area contributed by atoms with E-state index in [9.17, 15) is 19.5 Å². The first-order valence-corrected chi connectivity index (χ1v) is 11.6. The minimum Gasteiger partial charge on any atom is -0.480 e. The van der Waals surface area contributed by atoms with Crippen LogP contribution in [-0.2, 0) is 26.2 Å². The third-order valence-corrected chi connectivity index (χ3v) is 7.92. The number of hydrogen-bond donors (Lipinski definition) is 2. The number of esters is 1. The van der Waals surface area contributed by atoms with Crippen LogP contribution < -0.4 is 10.1 Å². The number of aldehydes is 1. The molecule has 176 valence electrons. The molecular weight excluding hydrogens is 424 g/mol. The van der Waals surface area contributed by atoms with Gasteiger partial charge in [-0.1, -0.05) is 19.9 Å². The minimum absolute atomic E-state index is 0.0307. The molecule has 1 aromatic rings. The van der Waals surface area contributed by atoms with E-state index in [-0.39, 0.29) is 30.8 Å². The molecule has 2 heterocycles. The van der Waals surface area contributed by atoms with Crippen LogP contribution in [0.3, 0.4) is 0 Å². The second-order valence-corrected chi connectivity index (χ2v) is 9.96. The fourth-order valence-electron chi connectivity index (χ4n) is 6.24. The number of nitrogens with one attached hydrogen (secondary N) is 1. The normalized spacial score (nSPS) is 31.4. The number of piperidine rings is 1. The molecule has 0 saturated carbocycles. The molecule has 33 heavy (non-hydrogen) atoms. The molecule has 0 aromatic heterocycles. The van der Waals surface area contributed by atoms with Crippen molar-refractivity contribution in [3.63, 3.8) is 0 Å². The Morgan fingerprint density at radius 3 is 2.91 bits per heavy atom. The number of carbonyl (C=O) groups excluding carboxylic acids is 3. The summed E-state index contributed by atoms with van der Waals surface area (Å²) in [4.78, 5) is 38.3. The number of nitrogens with zero attached hydrogens (tertiary/aromatic N) is 1. The van der Waals surface area contributed by atoms with Gasteiger partial charge in [-0.3, -0.25) is 14.4 Å². The summed E-state index contributed by atoms with van der Waals surface area (Å²) in [5, 5.41) is 14.8. The Kier molecular flexibility index (Phi) is 5.14. The van der Waals surface area contributed by atoms with Gasteiger partial charge in [0.15, 0.2) is 12.4 Å². The van der Waals surface area contributed by atoms with E-state index in [0.29, 0.717) is 36.3 Å². The molecule has 8 nitrogen and oxygen atoms in total.